The number of esters is 1. The lowest BCUT2D eigenvalue weighted by Gasteiger charge is -2.12. The molecule has 0 spiro atoms. The number of ketones is 1. The van der Waals surface area contributed by atoms with Crippen LogP contribution in [0.15, 0.2) is 0 Å². The molecule has 6 nitrogen and oxygen atoms in total. The van der Waals surface area contributed by atoms with Gasteiger partial charge in [0.05, 0.1) is 13.2 Å². The molecular formula is C11H14F3NO5. The van der Waals surface area contributed by atoms with E-state index in [1.54, 1.807) is 0 Å². The Morgan fingerprint density at radius 3 is 2.00 bits per heavy atom. The van der Waals surface area contributed by atoms with Crippen molar-refractivity contribution in [3.8, 4) is 0 Å². The first-order valence-electron chi connectivity index (χ1n) is 5.86. The van der Waals surface area contributed by atoms with Crippen molar-refractivity contribution in [1.82, 2.24) is 4.90 Å². The SMILES string of the molecule is CCOC(=O)N1C(C(F)(F)F)C1(C(C)=O)C(=O)OCC. The summed E-state index contributed by atoms with van der Waals surface area (Å²) in [5.41, 5.74) is -2.67. The van der Waals surface area contributed by atoms with Crippen LogP contribution in [0.25, 0.3) is 0 Å². The normalized spacial score (nSPS) is 25.1. The van der Waals surface area contributed by atoms with Gasteiger partial charge < -0.3 is 9.47 Å². The average molecular weight is 297 g/mol. The molecule has 1 amide bonds. The van der Waals surface area contributed by atoms with Gasteiger partial charge in [-0.25, -0.2) is 9.59 Å². The van der Waals surface area contributed by atoms with Gasteiger partial charge in [0, 0.05) is 0 Å². The highest BCUT2D eigenvalue weighted by molar-refractivity contribution is 6.15. The molecule has 2 atom stereocenters. The molecular weight excluding hydrogens is 283 g/mol. The van der Waals surface area contributed by atoms with Crippen molar-refractivity contribution in [3.63, 3.8) is 0 Å². The maximum atomic E-state index is 12.9. The molecule has 0 radical (unpaired) electrons. The fourth-order valence-electron chi connectivity index (χ4n) is 2.07. The van der Waals surface area contributed by atoms with Crippen LogP contribution >= 0.6 is 0 Å². The van der Waals surface area contributed by atoms with E-state index in [2.05, 4.69) is 9.47 Å². The molecule has 114 valence electrons. The van der Waals surface area contributed by atoms with Gasteiger partial charge in [0.25, 0.3) is 0 Å². The van der Waals surface area contributed by atoms with Crippen molar-refractivity contribution in [3.05, 3.63) is 0 Å². The standard InChI is InChI=1S/C11H14F3NO5/c1-4-19-8(17)10(6(3)16)7(11(12,13)14)15(10)9(18)20-5-2/h7H,4-5H2,1-3H3. The first kappa shape index (κ1) is 16.3. The molecule has 0 aromatic heterocycles. The molecule has 1 saturated heterocycles. The largest absolute Gasteiger partial charge is 0.464 e. The van der Waals surface area contributed by atoms with E-state index in [1.165, 1.54) is 13.8 Å². The molecule has 0 N–H and O–H groups in total. The van der Waals surface area contributed by atoms with Crippen molar-refractivity contribution < 1.29 is 37.0 Å². The number of hydrogen-bond donors (Lipinski definition) is 0. The Balaban J connectivity index is 3.23. The number of halogens is 3. The van der Waals surface area contributed by atoms with Crippen LogP contribution in [-0.2, 0) is 19.1 Å². The number of ether oxygens (including phenoxy) is 2. The fraction of sp³-hybridized carbons (Fsp3) is 0.727. The molecule has 1 heterocycles. The van der Waals surface area contributed by atoms with Gasteiger partial charge in [-0.3, -0.25) is 9.69 Å². The van der Waals surface area contributed by atoms with Gasteiger partial charge in [0.2, 0.25) is 5.54 Å². The van der Waals surface area contributed by atoms with Crippen molar-refractivity contribution in [2.24, 2.45) is 0 Å². The van der Waals surface area contributed by atoms with E-state index in [9.17, 15) is 27.6 Å². The number of rotatable bonds is 4. The van der Waals surface area contributed by atoms with Crippen molar-refractivity contribution in [1.29, 1.82) is 0 Å². The third-order valence-electron chi connectivity index (χ3n) is 2.86. The van der Waals surface area contributed by atoms with E-state index in [0.29, 0.717) is 0 Å². The van der Waals surface area contributed by atoms with E-state index in [1.807, 2.05) is 0 Å². The summed E-state index contributed by atoms with van der Waals surface area (Å²) in [6.07, 6.45) is -6.32. The molecule has 2 unspecified atom stereocenters. The Bertz CT molecular complexity index is 436. The van der Waals surface area contributed by atoms with E-state index in [4.69, 9.17) is 0 Å². The minimum Gasteiger partial charge on any atom is -0.464 e. The monoisotopic (exact) mass is 297 g/mol. The third-order valence-corrected chi connectivity index (χ3v) is 2.86. The topological polar surface area (TPSA) is 72.7 Å². The number of carbonyl (C=O) groups excluding carboxylic acids is 3. The highest BCUT2D eigenvalue weighted by Gasteiger charge is 2.84. The summed E-state index contributed by atoms with van der Waals surface area (Å²) in [6, 6.07) is -2.55. The summed E-state index contributed by atoms with van der Waals surface area (Å²) in [7, 11) is 0. The van der Waals surface area contributed by atoms with Crippen LogP contribution in [0.5, 0.6) is 0 Å². The predicted molar refractivity (Wildman–Crippen MR) is 58.7 cm³/mol. The number of hydrogen-bond acceptors (Lipinski definition) is 5. The summed E-state index contributed by atoms with van der Waals surface area (Å²) in [6.45, 7) is 3.18. The van der Waals surface area contributed by atoms with E-state index in [0.717, 1.165) is 6.92 Å². The van der Waals surface area contributed by atoms with E-state index in [-0.39, 0.29) is 18.1 Å². The highest BCUT2D eigenvalue weighted by Crippen LogP contribution is 2.52. The second kappa shape index (κ2) is 5.29. The first-order chi connectivity index (χ1) is 9.15. The summed E-state index contributed by atoms with van der Waals surface area (Å²) >= 11 is 0. The number of amides is 1. The lowest BCUT2D eigenvalue weighted by molar-refractivity contribution is -0.157. The van der Waals surface area contributed by atoms with Crippen LogP contribution in [0, 0.1) is 0 Å². The Morgan fingerprint density at radius 2 is 1.65 bits per heavy atom. The summed E-state index contributed by atoms with van der Waals surface area (Å²) in [5.74, 6) is -2.52. The Labute approximate surface area is 112 Å². The van der Waals surface area contributed by atoms with Crippen LogP contribution in [0.3, 0.4) is 0 Å². The van der Waals surface area contributed by atoms with Crippen LogP contribution < -0.4 is 0 Å². The molecule has 20 heavy (non-hydrogen) atoms. The van der Waals surface area contributed by atoms with Crippen LogP contribution in [0.2, 0.25) is 0 Å². The Hall–Kier alpha value is -1.80. The average Bonchev–Trinajstić information content (AvgIpc) is 3.00. The lowest BCUT2D eigenvalue weighted by Crippen LogP contribution is -2.42. The minimum absolute atomic E-state index is 0.0802. The lowest BCUT2D eigenvalue weighted by atomic mass is 10.0. The second-order valence-corrected chi connectivity index (χ2v) is 4.06. The summed E-state index contributed by atoms with van der Waals surface area (Å²) in [4.78, 5) is 34.9. The van der Waals surface area contributed by atoms with Gasteiger partial charge in [0.1, 0.15) is 0 Å². The quantitative estimate of drug-likeness (QED) is 0.444. The number of Topliss-reactive ketones (excluding diaryl/α,β-unsaturated/α-hetero) is 1. The zero-order valence-corrected chi connectivity index (χ0v) is 11.1. The molecule has 1 fully saturated rings. The van der Waals surface area contributed by atoms with Gasteiger partial charge in [-0.2, -0.15) is 13.2 Å². The Morgan fingerprint density at radius 1 is 1.15 bits per heavy atom. The molecule has 0 aromatic rings. The smallest absolute Gasteiger partial charge is 0.412 e. The molecule has 0 aliphatic carbocycles. The van der Waals surface area contributed by atoms with Gasteiger partial charge in [0.15, 0.2) is 11.8 Å². The second-order valence-electron chi connectivity index (χ2n) is 4.06. The fourth-order valence-corrected chi connectivity index (χ4v) is 2.07. The molecule has 0 bridgehead atoms. The maximum absolute atomic E-state index is 12.9. The zero-order valence-electron chi connectivity index (χ0n) is 11.1. The van der Waals surface area contributed by atoms with Crippen LogP contribution in [0.4, 0.5) is 18.0 Å². The van der Waals surface area contributed by atoms with Gasteiger partial charge in [-0.05, 0) is 20.8 Å². The first-order valence-corrected chi connectivity index (χ1v) is 5.86. The maximum Gasteiger partial charge on any atom is 0.412 e. The zero-order chi connectivity index (χ0) is 15.7. The number of alkyl halides is 3. The van der Waals surface area contributed by atoms with E-state index >= 15 is 0 Å². The van der Waals surface area contributed by atoms with Crippen molar-refractivity contribution in [2.45, 2.75) is 38.5 Å². The third kappa shape index (κ3) is 2.32. The van der Waals surface area contributed by atoms with Crippen molar-refractivity contribution >= 4 is 17.8 Å². The highest BCUT2D eigenvalue weighted by atomic mass is 19.4. The predicted octanol–water partition coefficient (Wildman–Crippen LogP) is 1.28. The van der Waals surface area contributed by atoms with Gasteiger partial charge in [-0.1, -0.05) is 0 Å². The van der Waals surface area contributed by atoms with Gasteiger partial charge in [-0.15, -0.1) is 0 Å². The molecule has 0 saturated carbocycles. The number of carbonyl (C=O) groups is 3. The van der Waals surface area contributed by atoms with Crippen LogP contribution in [-0.4, -0.2) is 53.7 Å². The van der Waals surface area contributed by atoms with Crippen LogP contribution in [0.1, 0.15) is 20.8 Å². The Kier molecular flexibility index (Phi) is 4.30. The van der Waals surface area contributed by atoms with Crippen molar-refractivity contribution in [2.75, 3.05) is 13.2 Å². The summed E-state index contributed by atoms with van der Waals surface area (Å²) in [5, 5.41) is 0. The molecule has 1 aliphatic rings. The molecule has 1 aliphatic heterocycles. The molecule has 0 aromatic carbocycles. The summed E-state index contributed by atoms with van der Waals surface area (Å²) < 4.78 is 47.8. The molecule has 9 heteroatoms. The minimum atomic E-state index is -4.94. The van der Waals surface area contributed by atoms with E-state index < -0.39 is 35.6 Å². The molecule has 1 rings (SSSR count). The van der Waals surface area contributed by atoms with Gasteiger partial charge >= 0.3 is 18.2 Å². The number of nitrogens with zero attached hydrogens (tertiary/aromatic N) is 1.